The Bertz CT molecular complexity index is 869. The molecule has 2 aromatic heterocycles. The van der Waals surface area contributed by atoms with Gasteiger partial charge in [0.25, 0.3) is 5.91 Å². The first-order valence-corrected chi connectivity index (χ1v) is 7.35. The largest absolute Gasteiger partial charge is 0.420 e. The molecule has 0 aliphatic carbocycles. The maximum absolute atomic E-state index is 13.1. The van der Waals surface area contributed by atoms with E-state index in [2.05, 4.69) is 20.5 Å². The summed E-state index contributed by atoms with van der Waals surface area (Å²) in [5, 5.41) is 9.15. The lowest BCUT2D eigenvalue weighted by molar-refractivity contribution is -0.142. The van der Waals surface area contributed by atoms with Gasteiger partial charge in [0.15, 0.2) is 5.65 Å². The zero-order valence-corrected chi connectivity index (χ0v) is 14.2. The van der Waals surface area contributed by atoms with E-state index in [1.54, 1.807) is 14.1 Å². The van der Waals surface area contributed by atoms with Gasteiger partial charge >= 0.3 is 12.4 Å². The Hall–Kier alpha value is -2.86. The van der Waals surface area contributed by atoms with E-state index in [1.165, 1.54) is 18.2 Å². The summed E-state index contributed by atoms with van der Waals surface area (Å²) in [6.07, 6.45) is -8.48. The lowest BCUT2D eigenvalue weighted by Crippen LogP contribution is -2.27. The van der Waals surface area contributed by atoms with Crippen LogP contribution in [-0.2, 0) is 17.1 Å². The monoisotopic (exact) mass is 396 g/mol. The van der Waals surface area contributed by atoms with Gasteiger partial charge in [0.05, 0.1) is 11.9 Å². The Morgan fingerprint density at radius 1 is 1.22 bits per heavy atom. The minimum Gasteiger partial charge on any atom is -0.369 e. The number of pyridine rings is 1. The summed E-state index contributed by atoms with van der Waals surface area (Å²) in [5.74, 6) is -1.16. The van der Waals surface area contributed by atoms with Gasteiger partial charge < -0.3 is 10.2 Å². The van der Waals surface area contributed by atoms with Gasteiger partial charge in [-0.1, -0.05) is 0 Å². The van der Waals surface area contributed by atoms with Crippen molar-refractivity contribution in [2.75, 3.05) is 19.4 Å². The Kier molecular flexibility index (Phi) is 5.33. The van der Waals surface area contributed by atoms with Crippen molar-refractivity contribution >= 4 is 23.8 Å². The van der Waals surface area contributed by atoms with Gasteiger partial charge in [0, 0.05) is 20.3 Å². The average Bonchev–Trinajstić information content (AvgIpc) is 2.92. The number of anilines is 1. The van der Waals surface area contributed by atoms with Crippen LogP contribution in [0.4, 0.5) is 32.3 Å². The van der Waals surface area contributed by atoms with Gasteiger partial charge in [-0.25, -0.2) is 4.99 Å². The van der Waals surface area contributed by atoms with Crippen LogP contribution < -0.4 is 5.32 Å². The van der Waals surface area contributed by atoms with Gasteiger partial charge in [-0.15, -0.1) is 10.2 Å². The molecule has 148 valence electrons. The lowest BCUT2D eigenvalue weighted by atomic mass is 10.2. The number of carbonyl (C=O) groups is 1. The normalized spacial score (nSPS) is 14.0. The van der Waals surface area contributed by atoms with Crippen molar-refractivity contribution in [1.82, 2.24) is 19.5 Å². The Morgan fingerprint density at radius 3 is 2.37 bits per heavy atom. The molecule has 1 amide bonds. The summed E-state index contributed by atoms with van der Waals surface area (Å²) >= 11 is 0. The number of alkyl halides is 6. The first kappa shape index (κ1) is 20.5. The summed E-state index contributed by atoms with van der Waals surface area (Å²) in [4.78, 5) is 16.9. The molecule has 0 saturated carbocycles. The van der Waals surface area contributed by atoms with E-state index in [4.69, 9.17) is 0 Å². The molecular weight excluding hydrogens is 382 g/mol. The predicted molar refractivity (Wildman–Crippen MR) is 83.3 cm³/mol. The van der Waals surface area contributed by atoms with E-state index in [0.717, 1.165) is 0 Å². The van der Waals surface area contributed by atoms with Crippen LogP contribution in [0.3, 0.4) is 0 Å². The molecule has 1 unspecified atom stereocenters. The van der Waals surface area contributed by atoms with Crippen LogP contribution in [0.5, 0.6) is 0 Å². The predicted octanol–water partition coefficient (Wildman–Crippen LogP) is 2.68. The molecule has 0 spiro atoms. The number of hydrogen-bond donors (Lipinski definition) is 1. The number of aliphatic imine (C=N–C) groups is 1. The maximum Gasteiger partial charge on any atom is 0.420 e. The summed E-state index contributed by atoms with van der Waals surface area (Å²) in [6, 6.07) is -1.11. The van der Waals surface area contributed by atoms with Crippen LogP contribution in [0.15, 0.2) is 17.3 Å². The van der Waals surface area contributed by atoms with E-state index in [9.17, 15) is 31.1 Å². The van der Waals surface area contributed by atoms with E-state index in [-0.39, 0.29) is 6.07 Å². The van der Waals surface area contributed by atoms with Gasteiger partial charge in [-0.05, 0) is 13.0 Å². The summed E-state index contributed by atoms with van der Waals surface area (Å²) < 4.78 is 78.8. The highest BCUT2D eigenvalue weighted by Crippen LogP contribution is 2.37. The minimum atomic E-state index is -5.08. The SMILES string of the molecule is CC(Nc1nnc2c(C(F)(F)F)cc(C(F)(F)F)cn12)C(=O)/N=C/N(C)C. The molecule has 0 saturated heterocycles. The summed E-state index contributed by atoms with van der Waals surface area (Å²) in [7, 11) is 3.22. The molecule has 2 aromatic rings. The Morgan fingerprint density at radius 2 is 1.85 bits per heavy atom. The highest BCUT2D eigenvalue weighted by atomic mass is 19.4. The van der Waals surface area contributed by atoms with Crippen LogP contribution in [-0.4, -0.2) is 51.9 Å². The van der Waals surface area contributed by atoms with Crippen LogP contribution in [0.25, 0.3) is 5.65 Å². The molecule has 0 aromatic carbocycles. The number of amides is 1. The van der Waals surface area contributed by atoms with Crippen molar-refractivity contribution in [2.45, 2.75) is 25.3 Å². The standard InChI is InChI=1S/C14H14F6N6O/c1-7(11(27)21-6-25(2)3)22-12-24-23-10-9(14(18,19)20)4-8(5-26(10)12)13(15,16)17/h4-7H,1-3H3,(H,22,24)/b21-6+. The molecule has 1 atom stereocenters. The van der Waals surface area contributed by atoms with Crippen molar-refractivity contribution in [1.29, 1.82) is 0 Å². The Labute approximate surface area is 148 Å². The minimum absolute atomic E-state index is 0.0379. The van der Waals surface area contributed by atoms with Crippen molar-refractivity contribution in [2.24, 2.45) is 4.99 Å². The third-order valence-electron chi connectivity index (χ3n) is 3.27. The molecule has 0 aliphatic heterocycles. The van der Waals surface area contributed by atoms with Crippen molar-refractivity contribution in [3.63, 3.8) is 0 Å². The molecule has 7 nitrogen and oxygen atoms in total. The highest BCUT2D eigenvalue weighted by molar-refractivity contribution is 5.89. The second kappa shape index (κ2) is 7.04. The molecule has 0 bridgehead atoms. The molecule has 2 heterocycles. The second-order valence-corrected chi connectivity index (χ2v) is 5.77. The third-order valence-corrected chi connectivity index (χ3v) is 3.27. The van der Waals surface area contributed by atoms with Crippen LogP contribution in [0.2, 0.25) is 0 Å². The van der Waals surface area contributed by atoms with Crippen molar-refractivity contribution in [3.8, 4) is 0 Å². The van der Waals surface area contributed by atoms with Crippen LogP contribution >= 0.6 is 0 Å². The first-order chi connectivity index (χ1) is 12.3. The lowest BCUT2D eigenvalue weighted by Gasteiger charge is -2.14. The van der Waals surface area contributed by atoms with Gasteiger partial charge in [-0.2, -0.15) is 26.3 Å². The number of aromatic nitrogens is 3. The molecule has 0 aliphatic rings. The van der Waals surface area contributed by atoms with E-state index in [0.29, 0.717) is 10.6 Å². The third kappa shape index (κ3) is 4.65. The number of nitrogens with one attached hydrogen (secondary N) is 1. The van der Waals surface area contributed by atoms with Crippen LogP contribution in [0.1, 0.15) is 18.1 Å². The van der Waals surface area contributed by atoms with E-state index in [1.807, 2.05) is 0 Å². The Balaban J connectivity index is 2.49. The maximum atomic E-state index is 13.1. The molecule has 0 radical (unpaired) electrons. The highest BCUT2D eigenvalue weighted by Gasteiger charge is 2.39. The molecule has 1 N–H and O–H groups in total. The topological polar surface area (TPSA) is 74.9 Å². The van der Waals surface area contributed by atoms with Gasteiger partial charge in [0.2, 0.25) is 5.95 Å². The van der Waals surface area contributed by atoms with Crippen molar-refractivity contribution < 1.29 is 31.1 Å². The van der Waals surface area contributed by atoms with E-state index < -0.39 is 47.0 Å². The average molecular weight is 396 g/mol. The van der Waals surface area contributed by atoms with Crippen LogP contribution in [0, 0.1) is 0 Å². The summed E-state index contributed by atoms with van der Waals surface area (Å²) in [5.41, 5.74) is -3.95. The quantitative estimate of drug-likeness (QED) is 0.489. The number of carbonyl (C=O) groups excluding carboxylic acids is 1. The van der Waals surface area contributed by atoms with E-state index >= 15 is 0 Å². The second-order valence-electron chi connectivity index (χ2n) is 5.77. The number of nitrogens with zero attached hydrogens (tertiary/aromatic N) is 5. The number of hydrogen-bond acceptors (Lipinski definition) is 4. The molecule has 13 heteroatoms. The fourth-order valence-electron chi connectivity index (χ4n) is 2.00. The molecule has 2 rings (SSSR count). The summed E-state index contributed by atoms with van der Waals surface area (Å²) in [6.45, 7) is 1.33. The zero-order chi connectivity index (χ0) is 20.6. The molecular formula is C14H14F6N6O. The smallest absolute Gasteiger partial charge is 0.369 e. The number of halogens is 6. The first-order valence-electron chi connectivity index (χ1n) is 7.35. The van der Waals surface area contributed by atoms with Gasteiger partial charge in [-0.3, -0.25) is 9.20 Å². The molecule has 0 fully saturated rings. The van der Waals surface area contributed by atoms with Gasteiger partial charge in [0.1, 0.15) is 11.6 Å². The van der Waals surface area contributed by atoms with Crippen molar-refractivity contribution in [3.05, 3.63) is 23.4 Å². The number of rotatable bonds is 4. The number of fused-ring (bicyclic) bond motifs is 1. The fourth-order valence-corrected chi connectivity index (χ4v) is 2.00. The zero-order valence-electron chi connectivity index (χ0n) is 14.2. The molecule has 27 heavy (non-hydrogen) atoms. The fraction of sp³-hybridized carbons (Fsp3) is 0.429.